The Labute approximate surface area is 134 Å². The monoisotopic (exact) mass is 338 g/mol. The summed E-state index contributed by atoms with van der Waals surface area (Å²) in [5.41, 5.74) is 0. The first-order chi connectivity index (χ1) is 10.7. The molecule has 0 radical (unpaired) electrons. The molecule has 9 heteroatoms. The van der Waals surface area contributed by atoms with Crippen LogP contribution in [0.15, 0.2) is 12.7 Å². The summed E-state index contributed by atoms with van der Waals surface area (Å²) in [4.78, 5) is 0. The highest BCUT2D eigenvalue weighted by molar-refractivity contribution is 4.91. The van der Waals surface area contributed by atoms with Crippen LogP contribution in [0, 0.1) is 0 Å². The molecule has 0 saturated carbocycles. The third-order valence-corrected chi connectivity index (χ3v) is 3.84. The van der Waals surface area contributed by atoms with Crippen LogP contribution in [-0.4, -0.2) is 97.5 Å². The predicted octanol–water partition coefficient (Wildman–Crippen LogP) is -3.15. The van der Waals surface area contributed by atoms with Gasteiger partial charge < -0.3 is 45.2 Å². The molecular formula is C14H26O9. The van der Waals surface area contributed by atoms with Crippen molar-refractivity contribution in [3.63, 3.8) is 0 Å². The van der Waals surface area contributed by atoms with Gasteiger partial charge in [0.15, 0.2) is 6.29 Å². The molecule has 9 nitrogen and oxygen atoms in total. The molecular weight excluding hydrogens is 312 g/mol. The van der Waals surface area contributed by atoms with E-state index in [1.807, 2.05) is 0 Å². The van der Waals surface area contributed by atoms with Crippen molar-refractivity contribution in [2.45, 2.75) is 68.5 Å². The summed E-state index contributed by atoms with van der Waals surface area (Å²) >= 11 is 0. The minimum absolute atomic E-state index is 0.361. The van der Waals surface area contributed by atoms with Crippen molar-refractivity contribution in [1.82, 2.24) is 0 Å². The second kappa shape index (κ2) is 9.02. The molecule has 1 rings (SSSR count). The Balaban J connectivity index is 2.57. The molecule has 0 aliphatic carbocycles. The van der Waals surface area contributed by atoms with E-state index in [9.17, 15) is 35.7 Å². The van der Waals surface area contributed by atoms with E-state index in [4.69, 9.17) is 9.47 Å². The second-order valence-electron chi connectivity index (χ2n) is 5.53. The van der Waals surface area contributed by atoms with Crippen molar-refractivity contribution in [3.8, 4) is 0 Å². The lowest BCUT2D eigenvalue weighted by Gasteiger charge is -2.40. The summed E-state index contributed by atoms with van der Waals surface area (Å²) in [6.45, 7) is 4.42. The smallest absolute Gasteiger partial charge is 0.186 e. The van der Waals surface area contributed by atoms with Gasteiger partial charge >= 0.3 is 0 Å². The molecule has 23 heavy (non-hydrogen) atoms. The van der Waals surface area contributed by atoms with Crippen LogP contribution in [0.25, 0.3) is 0 Å². The van der Waals surface area contributed by atoms with Crippen molar-refractivity contribution in [1.29, 1.82) is 0 Å². The van der Waals surface area contributed by atoms with E-state index in [1.54, 1.807) is 6.92 Å². The summed E-state index contributed by atoms with van der Waals surface area (Å²) in [6.07, 6.45) is -11.4. The Morgan fingerprint density at radius 3 is 2.17 bits per heavy atom. The normalized spacial score (nSPS) is 37.0. The molecule has 0 bridgehead atoms. The van der Waals surface area contributed by atoms with Gasteiger partial charge in [-0.2, -0.15) is 0 Å². The zero-order chi connectivity index (χ0) is 17.7. The molecule has 0 aromatic heterocycles. The van der Waals surface area contributed by atoms with E-state index in [1.165, 1.54) is 0 Å². The van der Waals surface area contributed by atoms with Crippen molar-refractivity contribution in [2.75, 3.05) is 6.61 Å². The Hall–Kier alpha value is -0.620. The number of aliphatic hydroxyl groups is 7. The Morgan fingerprint density at radius 1 is 1.04 bits per heavy atom. The molecule has 4 unspecified atom stereocenters. The van der Waals surface area contributed by atoms with Crippen LogP contribution in [0.1, 0.15) is 13.3 Å². The fourth-order valence-electron chi connectivity index (χ4n) is 2.25. The van der Waals surface area contributed by atoms with E-state index < -0.39 is 61.7 Å². The van der Waals surface area contributed by atoms with E-state index >= 15 is 0 Å². The highest BCUT2D eigenvalue weighted by atomic mass is 16.7. The first-order valence-electron chi connectivity index (χ1n) is 7.40. The average molecular weight is 338 g/mol. The number of aliphatic hydroxyl groups excluding tert-OH is 7. The molecule has 0 aromatic carbocycles. The van der Waals surface area contributed by atoms with Crippen LogP contribution >= 0.6 is 0 Å². The SMILES string of the molecule is C=CC(O)[C@H](O)[C@H](O)C(O)CO[C@H]1OC(CC)[C@@H](O)[C@@H](O)C1O. The van der Waals surface area contributed by atoms with Crippen LogP contribution in [0.2, 0.25) is 0 Å². The Bertz CT molecular complexity index is 364. The Morgan fingerprint density at radius 2 is 1.65 bits per heavy atom. The van der Waals surface area contributed by atoms with Crippen molar-refractivity contribution in [2.24, 2.45) is 0 Å². The van der Waals surface area contributed by atoms with Gasteiger partial charge in [-0.15, -0.1) is 6.58 Å². The lowest BCUT2D eigenvalue weighted by Crippen LogP contribution is -2.58. The molecule has 7 N–H and O–H groups in total. The van der Waals surface area contributed by atoms with Gasteiger partial charge in [0.2, 0.25) is 0 Å². The first-order valence-corrected chi connectivity index (χ1v) is 7.40. The van der Waals surface area contributed by atoms with E-state index in [-0.39, 0.29) is 0 Å². The summed E-state index contributed by atoms with van der Waals surface area (Å²) < 4.78 is 10.4. The third kappa shape index (κ3) is 4.92. The molecule has 1 aliphatic heterocycles. The fourth-order valence-corrected chi connectivity index (χ4v) is 2.25. The summed E-state index contributed by atoms with van der Waals surface area (Å²) in [6, 6.07) is 0. The Kier molecular flexibility index (Phi) is 8.01. The van der Waals surface area contributed by atoms with Gasteiger partial charge in [0.25, 0.3) is 0 Å². The van der Waals surface area contributed by atoms with Crippen LogP contribution in [0.5, 0.6) is 0 Å². The first kappa shape index (κ1) is 20.4. The topological polar surface area (TPSA) is 160 Å². The maximum Gasteiger partial charge on any atom is 0.186 e. The molecule has 1 fully saturated rings. The molecule has 0 aromatic rings. The van der Waals surface area contributed by atoms with Gasteiger partial charge in [0.1, 0.15) is 42.7 Å². The van der Waals surface area contributed by atoms with Gasteiger partial charge in [-0.25, -0.2) is 0 Å². The molecule has 0 amide bonds. The van der Waals surface area contributed by atoms with Crippen molar-refractivity contribution < 1.29 is 45.2 Å². The van der Waals surface area contributed by atoms with Crippen LogP contribution in [-0.2, 0) is 9.47 Å². The number of rotatable bonds is 8. The standard InChI is InChI=1S/C14H26O9/c1-3-6(15)9(17)10(18)7(16)5-22-14-13(21)12(20)11(19)8(4-2)23-14/h3,6-21H,1,4-5H2,2H3/t6?,7?,8?,9-,10+,11+,12+,13?,14-/m0/s1. The van der Waals surface area contributed by atoms with Crippen molar-refractivity contribution >= 4 is 0 Å². The summed E-state index contributed by atoms with van der Waals surface area (Å²) in [7, 11) is 0. The van der Waals surface area contributed by atoms with Crippen molar-refractivity contribution in [3.05, 3.63) is 12.7 Å². The van der Waals surface area contributed by atoms with E-state index in [0.29, 0.717) is 6.42 Å². The van der Waals surface area contributed by atoms with Crippen LogP contribution in [0.3, 0.4) is 0 Å². The molecule has 136 valence electrons. The summed E-state index contributed by atoms with van der Waals surface area (Å²) in [5, 5.41) is 67.6. The number of hydrogen-bond acceptors (Lipinski definition) is 9. The summed E-state index contributed by atoms with van der Waals surface area (Å²) in [5.74, 6) is 0. The molecule has 1 saturated heterocycles. The van der Waals surface area contributed by atoms with Gasteiger partial charge in [0, 0.05) is 0 Å². The zero-order valence-corrected chi connectivity index (χ0v) is 12.8. The fraction of sp³-hybridized carbons (Fsp3) is 0.857. The molecule has 0 spiro atoms. The van der Waals surface area contributed by atoms with Gasteiger partial charge in [0.05, 0.1) is 12.7 Å². The van der Waals surface area contributed by atoms with Gasteiger partial charge in [-0.3, -0.25) is 0 Å². The highest BCUT2D eigenvalue weighted by Crippen LogP contribution is 2.24. The average Bonchev–Trinajstić information content (AvgIpc) is 2.56. The molecule has 9 atom stereocenters. The second-order valence-corrected chi connectivity index (χ2v) is 5.53. The zero-order valence-electron chi connectivity index (χ0n) is 12.8. The molecule has 1 heterocycles. The largest absolute Gasteiger partial charge is 0.388 e. The van der Waals surface area contributed by atoms with E-state index in [0.717, 1.165) is 6.08 Å². The highest BCUT2D eigenvalue weighted by Gasteiger charge is 2.44. The maximum atomic E-state index is 9.80. The molecule has 1 aliphatic rings. The quantitative estimate of drug-likeness (QED) is 0.227. The number of hydrogen-bond donors (Lipinski definition) is 7. The minimum Gasteiger partial charge on any atom is -0.388 e. The van der Waals surface area contributed by atoms with Gasteiger partial charge in [-0.05, 0) is 6.42 Å². The predicted molar refractivity (Wildman–Crippen MR) is 77.1 cm³/mol. The number of ether oxygens (including phenoxy) is 2. The van der Waals surface area contributed by atoms with Gasteiger partial charge in [-0.1, -0.05) is 13.0 Å². The minimum atomic E-state index is -1.72. The lowest BCUT2D eigenvalue weighted by atomic mass is 9.97. The maximum absolute atomic E-state index is 9.80. The third-order valence-electron chi connectivity index (χ3n) is 3.84. The van der Waals surface area contributed by atoms with Crippen LogP contribution in [0.4, 0.5) is 0 Å². The lowest BCUT2D eigenvalue weighted by molar-refractivity contribution is -0.302. The van der Waals surface area contributed by atoms with Crippen LogP contribution < -0.4 is 0 Å². The van der Waals surface area contributed by atoms with E-state index in [2.05, 4.69) is 6.58 Å².